The molecule has 0 unspecified atom stereocenters. The zero-order valence-corrected chi connectivity index (χ0v) is 16.0. The molecule has 5 heteroatoms. The van der Waals surface area contributed by atoms with Gasteiger partial charge < -0.3 is 10.2 Å². The Hall–Kier alpha value is -2.17. The molecule has 1 aromatic rings. The molecule has 1 N–H and O–H groups in total. The third-order valence-electron chi connectivity index (χ3n) is 4.44. The zero-order chi connectivity index (χ0) is 19.3. The average Bonchev–Trinajstić information content (AvgIpc) is 2.54. The molecule has 2 amide bonds. The fourth-order valence-corrected chi connectivity index (χ4v) is 3.35. The number of amides is 2. The fourth-order valence-electron chi connectivity index (χ4n) is 3.35. The van der Waals surface area contributed by atoms with Crippen molar-refractivity contribution in [3.8, 4) is 0 Å². The second kappa shape index (κ2) is 8.97. The quantitative estimate of drug-likeness (QED) is 0.788. The second-order valence-electron chi connectivity index (χ2n) is 7.86. The second-order valence-corrected chi connectivity index (χ2v) is 7.86. The third kappa shape index (κ3) is 5.68. The molecular weight excluding hydrogens is 331 g/mol. The molecule has 142 valence electrons. The van der Waals surface area contributed by atoms with Gasteiger partial charge in [-0.15, -0.1) is 0 Å². The molecule has 0 saturated carbocycles. The van der Waals surface area contributed by atoms with Crippen LogP contribution in [-0.4, -0.2) is 35.3 Å². The van der Waals surface area contributed by atoms with E-state index in [1.54, 1.807) is 23.1 Å². The van der Waals surface area contributed by atoms with Crippen molar-refractivity contribution in [1.29, 1.82) is 0 Å². The van der Waals surface area contributed by atoms with Crippen molar-refractivity contribution in [3.05, 3.63) is 41.7 Å². The maximum atomic E-state index is 13.3. The van der Waals surface area contributed by atoms with Gasteiger partial charge in [0.15, 0.2) is 0 Å². The molecule has 0 aromatic heterocycles. The van der Waals surface area contributed by atoms with E-state index < -0.39 is 6.04 Å². The number of nitrogens with one attached hydrogen (secondary N) is 1. The molecule has 1 aromatic carbocycles. The minimum absolute atomic E-state index is 0.0302. The summed E-state index contributed by atoms with van der Waals surface area (Å²) < 4.78 is 13.3. The summed E-state index contributed by atoms with van der Waals surface area (Å²) >= 11 is 0. The molecule has 26 heavy (non-hydrogen) atoms. The minimum Gasteiger partial charge on any atom is -0.350 e. The van der Waals surface area contributed by atoms with Gasteiger partial charge in [-0.1, -0.05) is 39.8 Å². The van der Waals surface area contributed by atoms with Gasteiger partial charge in [-0.3, -0.25) is 9.59 Å². The Morgan fingerprint density at radius 1 is 1.27 bits per heavy atom. The van der Waals surface area contributed by atoms with Gasteiger partial charge >= 0.3 is 0 Å². The van der Waals surface area contributed by atoms with Crippen molar-refractivity contribution in [2.45, 2.75) is 52.6 Å². The van der Waals surface area contributed by atoms with E-state index in [0.29, 0.717) is 30.4 Å². The van der Waals surface area contributed by atoms with Gasteiger partial charge in [0.1, 0.15) is 11.9 Å². The summed E-state index contributed by atoms with van der Waals surface area (Å²) in [4.78, 5) is 27.0. The van der Waals surface area contributed by atoms with E-state index in [1.807, 2.05) is 13.8 Å². The molecule has 0 bridgehead atoms. The molecule has 2 atom stereocenters. The van der Waals surface area contributed by atoms with Crippen LogP contribution in [0.25, 0.3) is 6.08 Å². The summed E-state index contributed by atoms with van der Waals surface area (Å²) in [5, 5.41) is 3.06. The van der Waals surface area contributed by atoms with E-state index in [0.717, 1.165) is 6.42 Å². The summed E-state index contributed by atoms with van der Waals surface area (Å²) in [6.45, 7) is 8.79. The molecule has 1 saturated heterocycles. The van der Waals surface area contributed by atoms with E-state index in [4.69, 9.17) is 0 Å². The molecular formula is C21H29FN2O2. The van der Waals surface area contributed by atoms with Crippen LogP contribution in [0, 0.1) is 17.7 Å². The fraction of sp³-hybridized carbons (Fsp3) is 0.524. The van der Waals surface area contributed by atoms with Crippen LogP contribution in [0.2, 0.25) is 0 Å². The van der Waals surface area contributed by atoms with Crippen LogP contribution in [0.5, 0.6) is 0 Å². The van der Waals surface area contributed by atoms with Crippen molar-refractivity contribution in [1.82, 2.24) is 10.2 Å². The number of hydrogen-bond donors (Lipinski definition) is 1. The van der Waals surface area contributed by atoms with Gasteiger partial charge in [0.05, 0.1) is 0 Å². The number of hydrogen-bond acceptors (Lipinski definition) is 2. The minimum atomic E-state index is -0.455. The Morgan fingerprint density at radius 3 is 2.58 bits per heavy atom. The highest BCUT2D eigenvalue weighted by molar-refractivity contribution is 5.96. The maximum absolute atomic E-state index is 13.3. The topological polar surface area (TPSA) is 49.4 Å². The predicted octanol–water partition coefficient (Wildman–Crippen LogP) is 3.63. The van der Waals surface area contributed by atoms with Gasteiger partial charge in [-0.2, -0.15) is 0 Å². The smallest absolute Gasteiger partial charge is 0.247 e. The standard InChI is InChI=1S/C21H29FN2O2/c1-14(2)10-18-13-24(19(11-15(3)4)21(26)23-18)20(25)9-8-16-6-5-7-17(22)12-16/h5-9,12,14-15,18-19H,10-11,13H2,1-4H3,(H,23,26)/t18-,19-/m0/s1. The summed E-state index contributed by atoms with van der Waals surface area (Å²) in [5.41, 5.74) is 0.624. The number of piperazine rings is 1. The van der Waals surface area contributed by atoms with Crippen LogP contribution < -0.4 is 5.32 Å². The molecule has 0 radical (unpaired) electrons. The Balaban J connectivity index is 2.18. The lowest BCUT2D eigenvalue weighted by atomic mass is 9.95. The average molecular weight is 360 g/mol. The van der Waals surface area contributed by atoms with Crippen LogP contribution in [0.15, 0.2) is 30.3 Å². The highest BCUT2D eigenvalue weighted by Crippen LogP contribution is 2.20. The summed E-state index contributed by atoms with van der Waals surface area (Å²) in [5.74, 6) is 0.106. The van der Waals surface area contributed by atoms with Crippen LogP contribution in [0.1, 0.15) is 46.1 Å². The Labute approximate surface area is 155 Å². The lowest BCUT2D eigenvalue weighted by Gasteiger charge is -2.40. The van der Waals surface area contributed by atoms with E-state index >= 15 is 0 Å². The number of rotatable bonds is 6. The Bertz CT molecular complexity index is 670. The van der Waals surface area contributed by atoms with Gasteiger partial charge in [-0.05, 0) is 48.4 Å². The lowest BCUT2D eigenvalue weighted by Crippen LogP contribution is -2.61. The highest BCUT2D eigenvalue weighted by atomic mass is 19.1. The van der Waals surface area contributed by atoms with Crippen molar-refractivity contribution in [3.63, 3.8) is 0 Å². The summed E-state index contributed by atoms with van der Waals surface area (Å²) in [7, 11) is 0. The third-order valence-corrected chi connectivity index (χ3v) is 4.44. The molecule has 4 nitrogen and oxygen atoms in total. The maximum Gasteiger partial charge on any atom is 0.247 e. The zero-order valence-electron chi connectivity index (χ0n) is 16.0. The highest BCUT2D eigenvalue weighted by Gasteiger charge is 2.36. The first-order valence-electron chi connectivity index (χ1n) is 9.31. The Kier molecular flexibility index (Phi) is 6.95. The molecule has 1 aliphatic heterocycles. The van der Waals surface area contributed by atoms with Crippen LogP contribution >= 0.6 is 0 Å². The largest absolute Gasteiger partial charge is 0.350 e. The predicted molar refractivity (Wildman–Crippen MR) is 102 cm³/mol. The van der Waals surface area contributed by atoms with Crippen molar-refractivity contribution < 1.29 is 14.0 Å². The number of carbonyl (C=O) groups is 2. The van der Waals surface area contributed by atoms with E-state index in [-0.39, 0.29) is 23.7 Å². The number of halogens is 1. The van der Waals surface area contributed by atoms with Gasteiger partial charge in [0.2, 0.25) is 11.8 Å². The molecule has 1 fully saturated rings. The Morgan fingerprint density at radius 2 is 1.96 bits per heavy atom. The SMILES string of the molecule is CC(C)C[C@H]1CN(C(=O)C=Cc2cccc(F)c2)[C@@H](CC(C)C)C(=O)N1. The molecule has 0 aliphatic carbocycles. The first kappa shape index (κ1) is 20.1. The van der Waals surface area contributed by atoms with Gasteiger partial charge in [-0.25, -0.2) is 4.39 Å². The molecule has 1 heterocycles. The van der Waals surface area contributed by atoms with Crippen molar-refractivity contribution >= 4 is 17.9 Å². The van der Waals surface area contributed by atoms with E-state index in [1.165, 1.54) is 18.2 Å². The van der Waals surface area contributed by atoms with Gasteiger partial charge in [0.25, 0.3) is 0 Å². The van der Waals surface area contributed by atoms with Gasteiger partial charge in [0, 0.05) is 18.7 Å². The lowest BCUT2D eigenvalue weighted by molar-refractivity contribution is -0.142. The molecule has 0 spiro atoms. The van der Waals surface area contributed by atoms with Crippen molar-refractivity contribution in [2.24, 2.45) is 11.8 Å². The first-order chi connectivity index (χ1) is 12.3. The van der Waals surface area contributed by atoms with Crippen LogP contribution in [0.4, 0.5) is 4.39 Å². The van der Waals surface area contributed by atoms with E-state index in [9.17, 15) is 14.0 Å². The summed E-state index contributed by atoms with van der Waals surface area (Å²) in [6, 6.07) is 5.60. The van der Waals surface area contributed by atoms with Crippen molar-refractivity contribution in [2.75, 3.05) is 6.54 Å². The van der Waals surface area contributed by atoms with Crippen LogP contribution in [0.3, 0.4) is 0 Å². The monoisotopic (exact) mass is 360 g/mol. The first-order valence-corrected chi connectivity index (χ1v) is 9.31. The normalized spacial score (nSPS) is 20.9. The summed E-state index contributed by atoms with van der Waals surface area (Å²) in [6.07, 6.45) is 4.49. The number of benzene rings is 1. The number of nitrogens with zero attached hydrogens (tertiary/aromatic N) is 1. The van der Waals surface area contributed by atoms with E-state index in [2.05, 4.69) is 19.2 Å². The number of carbonyl (C=O) groups excluding carboxylic acids is 2. The molecule has 1 aliphatic rings. The molecule has 2 rings (SSSR count). The van der Waals surface area contributed by atoms with Crippen LogP contribution in [-0.2, 0) is 9.59 Å².